The van der Waals surface area contributed by atoms with E-state index in [0.29, 0.717) is 12.3 Å². The number of hydrogen-bond acceptors (Lipinski definition) is 4. The molecule has 2 aromatic heterocycles. The average molecular weight is 279 g/mol. The molecule has 2 heterocycles. The van der Waals surface area contributed by atoms with E-state index in [1.54, 1.807) is 11.3 Å². The van der Waals surface area contributed by atoms with Crippen molar-refractivity contribution in [1.82, 2.24) is 9.97 Å². The van der Waals surface area contributed by atoms with Gasteiger partial charge in [0.2, 0.25) is 0 Å². The lowest BCUT2D eigenvalue weighted by molar-refractivity contribution is 0.523. The van der Waals surface area contributed by atoms with Crippen molar-refractivity contribution in [2.24, 2.45) is 0 Å². The Morgan fingerprint density at radius 3 is 2.89 bits per heavy atom. The summed E-state index contributed by atoms with van der Waals surface area (Å²) in [5.41, 5.74) is 2.55. The van der Waals surface area contributed by atoms with Crippen LogP contribution in [-0.4, -0.2) is 9.97 Å². The number of aromatic nitrogens is 2. The van der Waals surface area contributed by atoms with Gasteiger partial charge in [0.05, 0.1) is 16.1 Å². The summed E-state index contributed by atoms with van der Waals surface area (Å²) in [7, 11) is 0. The molecule has 0 saturated heterocycles. The highest BCUT2D eigenvalue weighted by molar-refractivity contribution is 7.09. The fourth-order valence-electron chi connectivity index (χ4n) is 1.79. The van der Waals surface area contributed by atoms with E-state index in [2.05, 4.69) is 9.97 Å². The smallest absolute Gasteiger partial charge is 0.197 e. The van der Waals surface area contributed by atoms with E-state index in [9.17, 15) is 0 Å². The van der Waals surface area contributed by atoms with Crippen molar-refractivity contribution in [2.75, 3.05) is 0 Å². The molecule has 3 rings (SSSR count). The first-order valence-corrected chi connectivity index (χ1v) is 6.94. The lowest BCUT2D eigenvalue weighted by atomic mass is 10.2. The summed E-state index contributed by atoms with van der Waals surface area (Å²) in [5.74, 6) is 0.654. The molecule has 0 fully saturated rings. The number of benzene rings is 1. The molecule has 5 heteroatoms. The van der Waals surface area contributed by atoms with Gasteiger partial charge in [-0.1, -0.05) is 12.1 Å². The third-order valence-electron chi connectivity index (χ3n) is 2.65. The monoisotopic (exact) mass is 278 g/mol. The number of rotatable bonds is 3. The van der Waals surface area contributed by atoms with E-state index in [1.165, 1.54) is 0 Å². The van der Waals surface area contributed by atoms with Gasteiger partial charge >= 0.3 is 0 Å². The highest BCUT2D eigenvalue weighted by atomic mass is 35.5. The van der Waals surface area contributed by atoms with Gasteiger partial charge in [0.25, 0.3) is 0 Å². The molecular formula is C13H11ClN2OS. The lowest BCUT2D eigenvalue weighted by Crippen LogP contribution is -1.96. The molecule has 0 N–H and O–H groups in total. The van der Waals surface area contributed by atoms with Crippen LogP contribution in [0, 0.1) is 6.92 Å². The SMILES string of the molecule is Cc1nc(C(Cl)Cc2nc3ccccc3o2)cs1. The molecule has 0 aliphatic rings. The number of aryl methyl sites for hydroxylation is 1. The van der Waals surface area contributed by atoms with Crippen molar-refractivity contribution in [3.63, 3.8) is 0 Å². The van der Waals surface area contributed by atoms with Crippen LogP contribution >= 0.6 is 22.9 Å². The van der Waals surface area contributed by atoms with Crippen LogP contribution in [0.2, 0.25) is 0 Å². The zero-order valence-corrected chi connectivity index (χ0v) is 11.3. The van der Waals surface area contributed by atoms with Gasteiger partial charge in [-0.2, -0.15) is 0 Å². The van der Waals surface area contributed by atoms with Gasteiger partial charge in [0.1, 0.15) is 5.52 Å². The second kappa shape index (κ2) is 4.71. The Balaban J connectivity index is 1.83. The summed E-state index contributed by atoms with van der Waals surface area (Å²) in [6.45, 7) is 1.97. The molecule has 0 aliphatic carbocycles. The summed E-state index contributed by atoms with van der Waals surface area (Å²) >= 11 is 7.93. The summed E-state index contributed by atoms with van der Waals surface area (Å²) in [5, 5.41) is 2.81. The van der Waals surface area contributed by atoms with Gasteiger partial charge in [-0.05, 0) is 19.1 Å². The average Bonchev–Trinajstić information content (AvgIpc) is 2.94. The van der Waals surface area contributed by atoms with Gasteiger partial charge in [0, 0.05) is 11.8 Å². The molecule has 0 amide bonds. The summed E-state index contributed by atoms with van der Waals surface area (Å²) in [6.07, 6.45) is 0.555. The number of halogens is 1. The Bertz CT molecular complexity index is 643. The Hall–Kier alpha value is -1.39. The zero-order valence-electron chi connectivity index (χ0n) is 9.76. The fraction of sp³-hybridized carbons (Fsp3) is 0.231. The van der Waals surface area contributed by atoms with Crippen LogP contribution in [-0.2, 0) is 6.42 Å². The predicted octanol–water partition coefficient (Wildman–Crippen LogP) is 4.12. The normalized spacial score (nSPS) is 13.0. The van der Waals surface area contributed by atoms with Crippen LogP contribution in [0.15, 0.2) is 34.1 Å². The fourth-order valence-corrected chi connectivity index (χ4v) is 2.77. The first-order valence-electron chi connectivity index (χ1n) is 5.63. The van der Waals surface area contributed by atoms with Gasteiger partial charge in [0.15, 0.2) is 11.5 Å². The zero-order chi connectivity index (χ0) is 12.5. The first-order chi connectivity index (χ1) is 8.72. The van der Waals surface area contributed by atoms with Crippen LogP contribution in [0.3, 0.4) is 0 Å². The molecule has 3 aromatic rings. The van der Waals surface area contributed by atoms with Crippen molar-refractivity contribution in [3.05, 3.63) is 46.2 Å². The van der Waals surface area contributed by atoms with E-state index in [0.717, 1.165) is 21.8 Å². The van der Waals surface area contributed by atoms with Gasteiger partial charge < -0.3 is 4.42 Å². The first kappa shape index (κ1) is 11.7. The lowest BCUT2D eigenvalue weighted by Gasteiger charge is -2.02. The second-order valence-corrected chi connectivity index (χ2v) is 5.63. The van der Waals surface area contributed by atoms with Crippen molar-refractivity contribution >= 4 is 34.0 Å². The Labute approximate surface area is 113 Å². The van der Waals surface area contributed by atoms with Gasteiger partial charge in [-0.25, -0.2) is 9.97 Å². The summed E-state index contributed by atoms with van der Waals surface area (Å²) in [6, 6.07) is 7.70. The molecule has 1 aromatic carbocycles. The third kappa shape index (κ3) is 2.26. The number of para-hydroxylation sites is 2. The Morgan fingerprint density at radius 2 is 2.17 bits per heavy atom. The molecular weight excluding hydrogens is 268 g/mol. The minimum absolute atomic E-state index is 0.192. The number of alkyl halides is 1. The quantitative estimate of drug-likeness (QED) is 0.677. The summed E-state index contributed by atoms with van der Waals surface area (Å²) in [4.78, 5) is 8.79. The Kier molecular flexibility index (Phi) is 3.06. The van der Waals surface area contributed by atoms with Gasteiger partial charge in [-0.15, -0.1) is 22.9 Å². The van der Waals surface area contributed by atoms with Crippen LogP contribution in [0.25, 0.3) is 11.1 Å². The van der Waals surface area contributed by atoms with Crippen molar-refractivity contribution in [1.29, 1.82) is 0 Å². The molecule has 1 unspecified atom stereocenters. The van der Waals surface area contributed by atoms with Gasteiger partial charge in [-0.3, -0.25) is 0 Å². The van der Waals surface area contributed by atoms with Crippen LogP contribution in [0.5, 0.6) is 0 Å². The molecule has 18 heavy (non-hydrogen) atoms. The maximum absolute atomic E-state index is 6.33. The largest absolute Gasteiger partial charge is 0.441 e. The van der Waals surface area contributed by atoms with E-state index in [1.807, 2.05) is 36.6 Å². The highest BCUT2D eigenvalue weighted by Crippen LogP contribution is 2.27. The van der Waals surface area contributed by atoms with Crippen LogP contribution in [0.1, 0.15) is 22.0 Å². The van der Waals surface area contributed by atoms with Crippen LogP contribution in [0.4, 0.5) is 0 Å². The van der Waals surface area contributed by atoms with Crippen molar-refractivity contribution < 1.29 is 4.42 Å². The topological polar surface area (TPSA) is 38.9 Å². The number of oxazole rings is 1. The maximum atomic E-state index is 6.33. The predicted molar refractivity (Wildman–Crippen MR) is 73.2 cm³/mol. The number of fused-ring (bicyclic) bond motifs is 1. The third-order valence-corrected chi connectivity index (χ3v) is 3.82. The van der Waals surface area contributed by atoms with E-state index in [4.69, 9.17) is 16.0 Å². The molecule has 0 aliphatic heterocycles. The van der Waals surface area contributed by atoms with Crippen molar-refractivity contribution in [3.8, 4) is 0 Å². The van der Waals surface area contributed by atoms with E-state index >= 15 is 0 Å². The second-order valence-electron chi connectivity index (χ2n) is 4.04. The molecule has 0 saturated carbocycles. The maximum Gasteiger partial charge on any atom is 0.197 e. The highest BCUT2D eigenvalue weighted by Gasteiger charge is 2.15. The molecule has 3 nitrogen and oxygen atoms in total. The van der Waals surface area contributed by atoms with E-state index < -0.39 is 0 Å². The van der Waals surface area contributed by atoms with Crippen LogP contribution < -0.4 is 0 Å². The van der Waals surface area contributed by atoms with Crippen molar-refractivity contribution in [2.45, 2.75) is 18.7 Å². The molecule has 1 atom stereocenters. The molecule has 92 valence electrons. The minimum atomic E-state index is -0.192. The summed E-state index contributed by atoms with van der Waals surface area (Å²) < 4.78 is 5.65. The number of nitrogens with zero attached hydrogens (tertiary/aromatic N) is 2. The molecule has 0 radical (unpaired) electrons. The molecule has 0 spiro atoms. The van der Waals surface area contributed by atoms with E-state index in [-0.39, 0.29) is 5.38 Å². The number of hydrogen-bond donors (Lipinski definition) is 0. The minimum Gasteiger partial charge on any atom is -0.441 e. The Morgan fingerprint density at radius 1 is 1.33 bits per heavy atom. The standard InChI is InChI=1S/C13H11ClN2OS/c1-8-15-11(7-18-8)9(14)6-13-16-10-4-2-3-5-12(10)17-13/h2-5,7,9H,6H2,1H3. The molecule has 0 bridgehead atoms. The number of thiazole rings is 1.